The predicted molar refractivity (Wildman–Crippen MR) is 199 cm³/mol. The molecule has 3 nitrogen and oxygen atoms in total. The van der Waals surface area contributed by atoms with Crippen LogP contribution in [0.5, 0.6) is 0 Å². The topological polar surface area (TPSA) is 53.0 Å². The number of nitrogen functional groups attached to an aromatic ring is 1. The highest BCUT2D eigenvalue weighted by molar-refractivity contribution is 5.88. The molecule has 1 aliphatic carbocycles. The van der Waals surface area contributed by atoms with Gasteiger partial charge in [-0.3, -0.25) is 0 Å². The molecule has 8 rings (SSSR count). The van der Waals surface area contributed by atoms with Crippen LogP contribution in [0.4, 0.5) is 22.7 Å². The lowest BCUT2D eigenvalue weighted by Crippen LogP contribution is -2.30. The molecule has 2 aliphatic rings. The number of nitrogens with two attached hydrogens (primary N) is 1. The number of anilines is 4. The molecule has 0 bridgehead atoms. The second kappa shape index (κ2) is 11.0. The minimum absolute atomic E-state index is 0.125. The molecule has 6 aromatic carbocycles. The van der Waals surface area contributed by atoms with Crippen LogP contribution in [-0.2, 0) is 23.7 Å². The highest BCUT2D eigenvalue weighted by atomic mass is 15.2. The van der Waals surface area contributed by atoms with E-state index >= 15 is 0 Å². The normalized spacial score (nSPS) is 15.3. The second-order valence-electron chi connectivity index (χ2n) is 14.3. The molecule has 2 N–H and O–H groups in total. The fourth-order valence-corrected chi connectivity index (χ4v) is 8.37. The summed E-state index contributed by atoms with van der Waals surface area (Å²) in [5.74, 6) is 0. The van der Waals surface area contributed by atoms with E-state index < -0.39 is 0 Å². The number of benzene rings is 6. The number of nitriles is 1. The molecule has 0 amide bonds. The van der Waals surface area contributed by atoms with E-state index in [0.717, 1.165) is 28.8 Å². The van der Waals surface area contributed by atoms with Crippen molar-refractivity contribution in [2.24, 2.45) is 0 Å². The SMILES string of the molecule is CC1(C)c2ccccc2-c2ccc(N3c4ccccc4C(C)(C)c4ccccc43)cc2CCc2c(C#N)cc(N)cc2-c2ccccc21. The first-order valence-electron chi connectivity index (χ1n) is 16.8. The van der Waals surface area contributed by atoms with Crippen molar-refractivity contribution in [1.29, 1.82) is 5.26 Å². The molecule has 0 spiro atoms. The summed E-state index contributed by atoms with van der Waals surface area (Å²) < 4.78 is 0. The van der Waals surface area contributed by atoms with E-state index in [1.165, 1.54) is 50.3 Å². The van der Waals surface area contributed by atoms with Gasteiger partial charge in [-0.2, -0.15) is 5.26 Å². The first-order chi connectivity index (χ1) is 23.2. The van der Waals surface area contributed by atoms with Gasteiger partial charge in [0.25, 0.3) is 0 Å². The van der Waals surface area contributed by atoms with Crippen LogP contribution in [0, 0.1) is 11.3 Å². The average molecular weight is 622 g/mol. The number of nitrogens with zero attached hydrogens (tertiary/aromatic N) is 2. The van der Waals surface area contributed by atoms with E-state index in [9.17, 15) is 5.26 Å². The largest absolute Gasteiger partial charge is 0.399 e. The molecule has 0 saturated carbocycles. The maximum absolute atomic E-state index is 10.4. The van der Waals surface area contributed by atoms with Crippen LogP contribution < -0.4 is 10.6 Å². The van der Waals surface area contributed by atoms with Gasteiger partial charge in [0.1, 0.15) is 0 Å². The summed E-state index contributed by atoms with van der Waals surface area (Å²) >= 11 is 0. The molecular formula is C45H39N3. The number of fused-ring (bicyclic) bond motifs is 8. The van der Waals surface area contributed by atoms with E-state index in [2.05, 4.69) is 160 Å². The smallest absolute Gasteiger partial charge is 0.0995 e. The Morgan fingerprint density at radius 1 is 0.562 bits per heavy atom. The van der Waals surface area contributed by atoms with Gasteiger partial charge < -0.3 is 10.6 Å². The summed E-state index contributed by atoms with van der Waals surface area (Å²) in [4.78, 5) is 2.43. The second-order valence-corrected chi connectivity index (χ2v) is 14.3. The summed E-state index contributed by atoms with van der Waals surface area (Å²) in [6.07, 6.45) is 1.49. The standard InChI is InChI=1S/C45H39N3/c1-44(2)38-15-7-5-13-35(38)33-24-22-32(48-42-19-11-9-17-40(42)45(3,4)41-18-10-12-20-43(41)48)26-29(33)21-23-34-30(28-46)25-31(47)27-37(34)36-14-6-8-16-39(36)44/h5-20,22,24-27H,21,23,47H2,1-4H3. The zero-order valence-electron chi connectivity index (χ0n) is 28.0. The van der Waals surface area contributed by atoms with Crippen LogP contribution in [-0.4, -0.2) is 0 Å². The Morgan fingerprint density at radius 2 is 1.08 bits per heavy atom. The van der Waals surface area contributed by atoms with E-state index in [1.54, 1.807) is 0 Å². The molecule has 0 aromatic heterocycles. The van der Waals surface area contributed by atoms with Gasteiger partial charge in [-0.25, -0.2) is 0 Å². The van der Waals surface area contributed by atoms with Gasteiger partial charge in [0, 0.05) is 22.2 Å². The first-order valence-corrected chi connectivity index (χ1v) is 16.8. The van der Waals surface area contributed by atoms with Crippen molar-refractivity contribution >= 4 is 22.7 Å². The predicted octanol–water partition coefficient (Wildman–Crippen LogP) is 11.0. The molecule has 0 saturated heterocycles. The quantitative estimate of drug-likeness (QED) is 0.186. The van der Waals surface area contributed by atoms with Crippen LogP contribution >= 0.6 is 0 Å². The third-order valence-corrected chi connectivity index (χ3v) is 10.8. The third-order valence-electron chi connectivity index (χ3n) is 10.8. The zero-order chi connectivity index (χ0) is 33.2. The van der Waals surface area contributed by atoms with E-state index in [0.29, 0.717) is 17.7 Å². The summed E-state index contributed by atoms with van der Waals surface area (Å²) in [5.41, 5.74) is 22.9. The van der Waals surface area contributed by atoms with Gasteiger partial charge in [-0.1, -0.05) is 119 Å². The van der Waals surface area contributed by atoms with Gasteiger partial charge in [0.05, 0.1) is 23.0 Å². The lowest BCUT2D eigenvalue weighted by Gasteiger charge is -2.42. The molecule has 48 heavy (non-hydrogen) atoms. The molecule has 0 fully saturated rings. The van der Waals surface area contributed by atoms with Crippen LogP contribution in [0.3, 0.4) is 0 Å². The number of rotatable bonds is 1. The van der Waals surface area contributed by atoms with Crippen LogP contribution in [0.25, 0.3) is 22.3 Å². The Kier molecular flexibility index (Phi) is 6.83. The first kappa shape index (κ1) is 29.8. The van der Waals surface area contributed by atoms with Crippen LogP contribution in [0.1, 0.15) is 66.6 Å². The lowest BCUT2D eigenvalue weighted by molar-refractivity contribution is 0.632. The van der Waals surface area contributed by atoms with Gasteiger partial charge in [0.15, 0.2) is 0 Å². The number of para-hydroxylation sites is 2. The Bertz CT molecular complexity index is 2230. The summed E-state index contributed by atoms with van der Waals surface area (Å²) in [6, 6.07) is 48.5. The molecule has 1 aliphatic heterocycles. The summed E-state index contributed by atoms with van der Waals surface area (Å²) in [6.45, 7) is 9.28. The molecule has 0 radical (unpaired) electrons. The van der Waals surface area contributed by atoms with Crippen molar-refractivity contribution in [3.05, 3.63) is 166 Å². The molecule has 234 valence electrons. The minimum Gasteiger partial charge on any atom is -0.399 e. The summed E-state index contributed by atoms with van der Waals surface area (Å²) in [7, 11) is 0. The van der Waals surface area contributed by atoms with Gasteiger partial charge >= 0.3 is 0 Å². The molecule has 6 aromatic rings. The van der Waals surface area contributed by atoms with Gasteiger partial charge in [-0.15, -0.1) is 0 Å². The average Bonchev–Trinajstić information content (AvgIpc) is 3.12. The minimum atomic E-state index is -0.335. The number of hydrogen-bond donors (Lipinski definition) is 1. The van der Waals surface area contributed by atoms with Crippen molar-refractivity contribution in [3.63, 3.8) is 0 Å². The van der Waals surface area contributed by atoms with Crippen molar-refractivity contribution in [1.82, 2.24) is 0 Å². The summed E-state index contributed by atoms with van der Waals surface area (Å²) in [5, 5.41) is 10.4. The van der Waals surface area contributed by atoms with Gasteiger partial charge in [0.2, 0.25) is 0 Å². The van der Waals surface area contributed by atoms with Crippen LogP contribution in [0.15, 0.2) is 127 Å². The van der Waals surface area contributed by atoms with Crippen molar-refractivity contribution in [2.75, 3.05) is 10.6 Å². The maximum Gasteiger partial charge on any atom is 0.0995 e. The molecule has 0 unspecified atom stereocenters. The molecular weight excluding hydrogens is 583 g/mol. The Morgan fingerprint density at radius 3 is 1.69 bits per heavy atom. The van der Waals surface area contributed by atoms with E-state index in [4.69, 9.17) is 5.73 Å². The lowest BCUT2D eigenvalue weighted by atomic mass is 9.72. The fourth-order valence-electron chi connectivity index (χ4n) is 8.37. The number of hydrogen-bond acceptors (Lipinski definition) is 3. The molecule has 3 heteroatoms. The fraction of sp³-hybridized carbons (Fsp3) is 0.178. The Balaban J connectivity index is 1.40. The highest BCUT2D eigenvalue weighted by Gasteiger charge is 2.37. The molecule has 1 heterocycles. The van der Waals surface area contributed by atoms with E-state index in [1.807, 2.05) is 6.07 Å². The Hall–Kier alpha value is -5.59. The van der Waals surface area contributed by atoms with Gasteiger partial charge in [-0.05, 0) is 105 Å². The maximum atomic E-state index is 10.4. The number of aryl methyl sites for hydroxylation is 1. The zero-order valence-corrected chi connectivity index (χ0v) is 28.0. The Labute approximate surface area is 283 Å². The monoisotopic (exact) mass is 621 g/mol. The molecule has 0 atom stereocenters. The third kappa shape index (κ3) is 4.48. The van der Waals surface area contributed by atoms with Crippen molar-refractivity contribution in [3.8, 4) is 28.3 Å². The van der Waals surface area contributed by atoms with Crippen molar-refractivity contribution < 1.29 is 0 Å². The van der Waals surface area contributed by atoms with E-state index in [-0.39, 0.29) is 10.8 Å². The highest BCUT2D eigenvalue weighted by Crippen LogP contribution is 2.52. The van der Waals surface area contributed by atoms with Crippen molar-refractivity contribution in [2.45, 2.75) is 51.4 Å². The van der Waals surface area contributed by atoms with Crippen LogP contribution in [0.2, 0.25) is 0 Å².